The SMILES string of the molecule is COc1ccc(OCCN2C[C@H](CCO)[C@@H]3CCCC(C2=O)N3S(=O)(=O)c2cc(Cl)cc(Cl)c2)cc1OC. The van der Waals surface area contributed by atoms with Gasteiger partial charge in [-0.3, -0.25) is 4.79 Å². The Kier molecular flexibility index (Phi) is 9.31. The molecule has 12 heteroatoms. The number of piperidine rings is 1. The number of methoxy groups -OCH3 is 2. The van der Waals surface area contributed by atoms with Gasteiger partial charge in [0.05, 0.1) is 25.7 Å². The van der Waals surface area contributed by atoms with Crippen molar-refractivity contribution in [3.8, 4) is 17.2 Å². The van der Waals surface area contributed by atoms with E-state index >= 15 is 0 Å². The number of carbonyl (C=O) groups is 1. The molecule has 2 fully saturated rings. The lowest BCUT2D eigenvalue weighted by molar-refractivity contribution is -0.135. The number of rotatable bonds is 10. The number of carbonyl (C=O) groups excluding carboxylic acids is 1. The average molecular weight is 588 g/mol. The largest absolute Gasteiger partial charge is 0.493 e. The first-order valence-electron chi connectivity index (χ1n) is 12.4. The Balaban J connectivity index is 1.59. The number of hydrogen-bond acceptors (Lipinski definition) is 7. The molecule has 4 rings (SSSR count). The number of amides is 1. The van der Waals surface area contributed by atoms with Crippen LogP contribution in [0.4, 0.5) is 0 Å². The highest BCUT2D eigenvalue weighted by Gasteiger charge is 2.49. The molecule has 1 N–H and O–H groups in total. The predicted octanol–water partition coefficient (Wildman–Crippen LogP) is 3.84. The van der Waals surface area contributed by atoms with Crippen LogP contribution in [0.1, 0.15) is 25.7 Å². The van der Waals surface area contributed by atoms with Crippen LogP contribution in [0.15, 0.2) is 41.3 Å². The molecule has 2 bridgehead atoms. The lowest BCUT2D eigenvalue weighted by Crippen LogP contribution is -2.55. The number of sulfonamides is 1. The van der Waals surface area contributed by atoms with Crippen LogP contribution in [0.3, 0.4) is 0 Å². The van der Waals surface area contributed by atoms with Gasteiger partial charge in [0, 0.05) is 35.3 Å². The van der Waals surface area contributed by atoms with Gasteiger partial charge in [0.25, 0.3) is 0 Å². The van der Waals surface area contributed by atoms with E-state index in [0.717, 1.165) is 0 Å². The molecule has 0 aliphatic carbocycles. The molecule has 0 saturated carbocycles. The number of aliphatic hydroxyl groups excluding tert-OH is 1. The fourth-order valence-corrected chi connectivity index (χ4v) is 7.98. The van der Waals surface area contributed by atoms with Gasteiger partial charge in [0.15, 0.2) is 11.5 Å². The molecule has 2 aliphatic rings. The number of aliphatic hydroxyl groups is 1. The van der Waals surface area contributed by atoms with Crippen LogP contribution in [-0.4, -0.2) is 81.2 Å². The second kappa shape index (κ2) is 12.3. The summed E-state index contributed by atoms with van der Waals surface area (Å²) in [6.07, 6.45) is 2.07. The summed E-state index contributed by atoms with van der Waals surface area (Å²) in [6, 6.07) is 8.05. The van der Waals surface area contributed by atoms with Gasteiger partial charge in [-0.05, 0) is 61.9 Å². The van der Waals surface area contributed by atoms with Crippen molar-refractivity contribution in [1.29, 1.82) is 0 Å². The van der Waals surface area contributed by atoms with E-state index in [1.807, 2.05) is 0 Å². The van der Waals surface area contributed by atoms with Crippen molar-refractivity contribution in [3.63, 3.8) is 0 Å². The topological polar surface area (TPSA) is 106 Å². The molecule has 1 amide bonds. The monoisotopic (exact) mass is 586 g/mol. The first kappa shape index (κ1) is 28.8. The Morgan fingerprint density at radius 1 is 1.03 bits per heavy atom. The number of nitrogens with zero attached hydrogens (tertiary/aromatic N) is 2. The predicted molar refractivity (Wildman–Crippen MR) is 144 cm³/mol. The van der Waals surface area contributed by atoms with Crippen molar-refractivity contribution in [2.75, 3.05) is 40.5 Å². The summed E-state index contributed by atoms with van der Waals surface area (Å²) < 4.78 is 45.6. The van der Waals surface area contributed by atoms with Crippen LogP contribution in [0, 0.1) is 5.92 Å². The van der Waals surface area contributed by atoms with E-state index in [4.69, 9.17) is 37.4 Å². The number of fused-ring (bicyclic) bond motifs is 2. The zero-order chi connectivity index (χ0) is 27.4. The Morgan fingerprint density at radius 2 is 1.74 bits per heavy atom. The molecule has 2 heterocycles. The lowest BCUT2D eigenvalue weighted by atomic mass is 9.88. The molecule has 0 spiro atoms. The summed E-state index contributed by atoms with van der Waals surface area (Å²) in [5, 5.41) is 10.2. The van der Waals surface area contributed by atoms with Crippen LogP contribution in [-0.2, 0) is 14.8 Å². The fourth-order valence-electron chi connectivity index (χ4n) is 5.36. The Bertz CT molecular complexity index is 1240. The minimum Gasteiger partial charge on any atom is -0.493 e. The van der Waals surface area contributed by atoms with Crippen LogP contribution >= 0.6 is 23.2 Å². The van der Waals surface area contributed by atoms with Crippen molar-refractivity contribution in [3.05, 3.63) is 46.4 Å². The van der Waals surface area contributed by atoms with Crippen molar-refractivity contribution in [2.24, 2.45) is 5.92 Å². The van der Waals surface area contributed by atoms with E-state index in [9.17, 15) is 18.3 Å². The minimum absolute atomic E-state index is 0.0484. The fraction of sp³-hybridized carbons (Fsp3) is 0.500. The Hall–Kier alpha value is -2.24. The Morgan fingerprint density at radius 3 is 2.39 bits per heavy atom. The van der Waals surface area contributed by atoms with Gasteiger partial charge in [-0.2, -0.15) is 4.31 Å². The summed E-state index contributed by atoms with van der Waals surface area (Å²) >= 11 is 12.2. The van der Waals surface area contributed by atoms with Gasteiger partial charge in [0.2, 0.25) is 15.9 Å². The molecule has 9 nitrogen and oxygen atoms in total. The molecule has 3 atom stereocenters. The molecule has 1 unspecified atom stereocenters. The smallest absolute Gasteiger partial charge is 0.244 e. The number of halogens is 2. The molecule has 208 valence electrons. The van der Waals surface area contributed by atoms with E-state index in [-0.39, 0.29) is 46.5 Å². The Labute approximate surface area is 233 Å². The number of ether oxygens (including phenoxy) is 3. The van der Waals surface area contributed by atoms with Crippen LogP contribution in [0.5, 0.6) is 17.2 Å². The van der Waals surface area contributed by atoms with Crippen LogP contribution in [0.25, 0.3) is 0 Å². The second-order valence-corrected chi connectivity index (χ2v) is 12.1. The molecule has 2 aromatic rings. The van der Waals surface area contributed by atoms with Crippen molar-refractivity contribution >= 4 is 39.1 Å². The third-order valence-electron chi connectivity index (χ3n) is 7.10. The van der Waals surface area contributed by atoms with Crippen molar-refractivity contribution < 1.29 is 32.5 Å². The molecule has 0 aromatic heterocycles. The molecule has 2 aliphatic heterocycles. The van der Waals surface area contributed by atoms with Gasteiger partial charge in [0.1, 0.15) is 18.4 Å². The summed E-state index contributed by atoms with van der Waals surface area (Å²) in [7, 11) is -1.01. The standard InChI is InChI=1S/C26H32Cl2N2O7S/c1-35-24-7-6-20(15-25(24)36-2)37-11-9-29-16-17(8-10-31)22-4-3-5-23(26(29)32)30(22)38(33,34)21-13-18(27)12-19(28)14-21/h6-7,12-15,17,22-23,31H,3-5,8-11,16H2,1-2H3/t17-,22-,23?/m0/s1. The van der Waals surface area contributed by atoms with Gasteiger partial charge in [-0.1, -0.05) is 23.2 Å². The quantitative estimate of drug-likeness (QED) is 0.451. The van der Waals surface area contributed by atoms with Crippen molar-refractivity contribution in [1.82, 2.24) is 9.21 Å². The molecule has 38 heavy (non-hydrogen) atoms. The minimum atomic E-state index is -4.10. The lowest BCUT2D eigenvalue weighted by Gasteiger charge is -2.40. The molecular formula is C26H32Cl2N2O7S. The van der Waals surface area contributed by atoms with E-state index in [2.05, 4.69) is 0 Å². The highest BCUT2D eigenvalue weighted by atomic mass is 35.5. The van der Waals surface area contributed by atoms with E-state index in [1.54, 1.807) is 30.2 Å². The van der Waals surface area contributed by atoms with Gasteiger partial charge < -0.3 is 24.2 Å². The molecule has 2 saturated heterocycles. The number of benzene rings is 2. The van der Waals surface area contributed by atoms with E-state index in [1.165, 1.54) is 29.6 Å². The molecule has 0 radical (unpaired) electrons. The second-order valence-electron chi connectivity index (χ2n) is 9.38. The molecular weight excluding hydrogens is 555 g/mol. The van der Waals surface area contributed by atoms with Crippen LogP contribution < -0.4 is 14.2 Å². The van der Waals surface area contributed by atoms with Gasteiger partial charge >= 0.3 is 0 Å². The maximum absolute atomic E-state index is 13.9. The third kappa shape index (κ3) is 5.99. The number of hydrogen-bond donors (Lipinski definition) is 1. The van der Waals surface area contributed by atoms with Crippen LogP contribution in [0.2, 0.25) is 10.0 Å². The average Bonchev–Trinajstić information content (AvgIpc) is 2.96. The highest BCUT2D eigenvalue weighted by Crippen LogP contribution is 2.39. The summed E-state index contributed by atoms with van der Waals surface area (Å²) in [4.78, 5) is 15.4. The van der Waals surface area contributed by atoms with Gasteiger partial charge in [-0.15, -0.1) is 0 Å². The van der Waals surface area contributed by atoms with Gasteiger partial charge in [-0.25, -0.2) is 8.42 Å². The maximum Gasteiger partial charge on any atom is 0.244 e. The summed E-state index contributed by atoms with van der Waals surface area (Å²) in [5.74, 6) is 1.12. The van der Waals surface area contributed by atoms with E-state index < -0.39 is 22.1 Å². The zero-order valence-electron chi connectivity index (χ0n) is 21.3. The highest BCUT2D eigenvalue weighted by molar-refractivity contribution is 7.89. The van der Waals surface area contributed by atoms with E-state index in [0.29, 0.717) is 49.5 Å². The van der Waals surface area contributed by atoms with Crippen molar-refractivity contribution in [2.45, 2.75) is 42.7 Å². The first-order valence-corrected chi connectivity index (χ1v) is 14.6. The zero-order valence-corrected chi connectivity index (χ0v) is 23.6. The summed E-state index contributed by atoms with van der Waals surface area (Å²) in [6.45, 7) is 0.654. The summed E-state index contributed by atoms with van der Waals surface area (Å²) in [5.41, 5.74) is 0. The third-order valence-corrected chi connectivity index (χ3v) is 9.45. The normalized spacial score (nSPS) is 22.2. The maximum atomic E-state index is 13.9. The molecule has 2 aromatic carbocycles. The first-order chi connectivity index (χ1) is 18.2.